The van der Waals surface area contributed by atoms with Crippen molar-refractivity contribution in [1.29, 1.82) is 0 Å². The maximum absolute atomic E-state index is 13.4. The highest BCUT2D eigenvalue weighted by Crippen LogP contribution is 2.39. The summed E-state index contributed by atoms with van der Waals surface area (Å²) in [6.45, 7) is 3.50. The van der Waals surface area contributed by atoms with Gasteiger partial charge in [-0.25, -0.2) is 19.2 Å². The van der Waals surface area contributed by atoms with Crippen molar-refractivity contribution < 1.29 is 38.1 Å². The highest BCUT2D eigenvalue weighted by atomic mass is 16.6. The molecule has 224 valence electrons. The first-order chi connectivity index (χ1) is 21.3. The molecule has 44 heavy (non-hydrogen) atoms. The topological polar surface area (TPSA) is 105 Å². The van der Waals surface area contributed by atoms with Crippen LogP contribution in [0.1, 0.15) is 55.3 Å². The predicted molar refractivity (Wildman–Crippen MR) is 161 cm³/mol. The van der Waals surface area contributed by atoms with E-state index in [0.29, 0.717) is 5.56 Å². The Morgan fingerprint density at radius 2 is 0.591 bits per heavy atom. The molecular formula is C36H32O8. The molecule has 4 aromatic carbocycles. The Bertz CT molecular complexity index is 1510. The van der Waals surface area contributed by atoms with Crippen LogP contribution in [-0.4, -0.2) is 48.3 Å². The maximum atomic E-state index is 13.4. The van der Waals surface area contributed by atoms with Crippen LogP contribution in [0.5, 0.6) is 0 Å². The molecule has 1 aliphatic rings. The largest absolute Gasteiger partial charge is 0.458 e. The van der Waals surface area contributed by atoms with Crippen molar-refractivity contribution in [2.45, 2.75) is 38.3 Å². The van der Waals surface area contributed by atoms with E-state index in [-0.39, 0.29) is 16.7 Å². The van der Waals surface area contributed by atoms with Gasteiger partial charge in [0.2, 0.25) is 0 Å². The minimum Gasteiger partial charge on any atom is -0.458 e. The van der Waals surface area contributed by atoms with Crippen LogP contribution in [0.3, 0.4) is 0 Å². The molecule has 1 fully saturated rings. The summed E-state index contributed by atoms with van der Waals surface area (Å²) in [5, 5.41) is 0. The van der Waals surface area contributed by atoms with Crippen molar-refractivity contribution >= 4 is 23.9 Å². The van der Waals surface area contributed by atoms with Crippen LogP contribution >= 0.6 is 0 Å². The van der Waals surface area contributed by atoms with E-state index < -0.39 is 60.1 Å². The van der Waals surface area contributed by atoms with Gasteiger partial charge in [0, 0.05) is 11.8 Å². The van der Waals surface area contributed by atoms with Crippen LogP contribution in [-0.2, 0) is 18.9 Å². The lowest BCUT2D eigenvalue weighted by atomic mass is 9.74. The molecule has 1 aliphatic carbocycles. The van der Waals surface area contributed by atoms with Gasteiger partial charge in [-0.2, -0.15) is 0 Å². The summed E-state index contributed by atoms with van der Waals surface area (Å²) in [5.41, 5.74) is 1.16. The Morgan fingerprint density at radius 3 is 0.864 bits per heavy atom. The highest BCUT2D eigenvalue weighted by Gasteiger charge is 2.54. The summed E-state index contributed by atoms with van der Waals surface area (Å²) in [4.78, 5) is 53.3. The number of hydrogen-bond donors (Lipinski definition) is 0. The molecule has 8 nitrogen and oxygen atoms in total. The summed E-state index contributed by atoms with van der Waals surface area (Å²) in [6.07, 6.45) is -4.39. The van der Waals surface area contributed by atoms with Gasteiger partial charge in [-0.1, -0.05) is 86.6 Å². The Hall–Kier alpha value is -5.24. The maximum Gasteiger partial charge on any atom is 0.338 e. The SMILES string of the molecule is CC1C(OC(=O)c2ccccc2)[C@H](C)[C@@H](OC(=O)c2ccccc2)C(OC(=O)c2ccccc2)[C@@H]1OC(=O)c1ccccc1. The number of carbonyl (C=O) groups excluding carboxylic acids is 4. The van der Waals surface area contributed by atoms with E-state index in [2.05, 4.69) is 0 Å². The summed E-state index contributed by atoms with van der Waals surface area (Å²) in [7, 11) is 0. The summed E-state index contributed by atoms with van der Waals surface area (Å²) in [5.74, 6) is -3.93. The lowest BCUT2D eigenvalue weighted by Gasteiger charge is -2.47. The number of esters is 4. The fourth-order valence-electron chi connectivity index (χ4n) is 5.40. The number of rotatable bonds is 8. The molecule has 0 spiro atoms. The highest BCUT2D eigenvalue weighted by molar-refractivity contribution is 5.91. The molecule has 0 bridgehead atoms. The van der Waals surface area contributed by atoms with Gasteiger partial charge in [0.1, 0.15) is 18.3 Å². The zero-order chi connectivity index (χ0) is 31.1. The molecular weight excluding hydrogens is 560 g/mol. The third-order valence-corrected chi connectivity index (χ3v) is 7.73. The summed E-state index contributed by atoms with van der Waals surface area (Å²) < 4.78 is 24.1. The quantitative estimate of drug-likeness (QED) is 0.177. The minimum absolute atomic E-state index is 0.270. The van der Waals surface area contributed by atoms with E-state index in [9.17, 15) is 19.2 Å². The second-order valence-corrected chi connectivity index (χ2v) is 10.7. The second-order valence-electron chi connectivity index (χ2n) is 10.7. The van der Waals surface area contributed by atoms with Crippen LogP contribution in [0.2, 0.25) is 0 Å². The number of benzene rings is 4. The van der Waals surface area contributed by atoms with E-state index in [1.807, 2.05) is 0 Å². The van der Waals surface area contributed by atoms with Crippen molar-refractivity contribution in [3.63, 3.8) is 0 Å². The van der Waals surface area contributed by atoms with Crippen LogP contribution in [0.25, 0.3) is 0 Å². The van der Waals surface area contributed by atoms with Gasteiger partial charge in [-0.3, -0.25) is 0 Å². The van der Waals surface area contributed by atoms with Crippen LogP contribution in [0, 0.1) is 11.8 Å². The molecule has 0 N–H and O–H groups in total. The molecule has 8 heteroatoms. The van der Waals surface area contributed by atoms with Gasteiger partial charge in [-0.05, 0) is 48.5 Å². The van der Waals surface area contributed by atoms with E-state index in [0.717, 1.165) is 0 Å². The van der Waals surface area contributed by atoms with E-state index in [4.69, 9.17) is 18.9 Å². The predicted octanol–water partition coefficient (Wildman–Crippen LogP) is 6.17. The lowest BCUT2D eigenvalue weighted by molar-refractivity contribution is -0.177. The zero-order valence-electron chi connectivity index (χ0n) is 24.3. The first-order valence-electron chi connectivity index (χ1n) is 14.4. The lowest BCUT2D eigenvalue weighted by Crippen LogP contribution is -2.61. The van der Waals surface area contributed by atoms with Crippen LogP contribution in [0.15, 0.2) is 121 Å². The fourth-order valence-corrected chi connectivity index (χ4v) is 5.40. The average Bonchev–Trinajstić information content (AvgIpc) is 3.07. The van der Waals surface area contributed by atoms with Gasteiger partial charge < -0.3 is 18.9 Å². The fraction of sp³-hybridized carbons (Fsp3) is 0.222. The van der Waals surface area contributed by atoms with Crippen molar-refractivity contribution in [2.24, 2.45) is 11.8 Å². The van der Waals surface area contributed by atoms with E-state index >= 15 is 0 Å². The van der Waals surface area contributed by atoms with Crippen molar-refractivity contribution in [3.05, 3.63) is 144 Å². The van der Waals surface area contributed by atoms with Gasteiger partial charge >= 0.3 is 23.9 Å². The molecule has 6 atom stereocenters. The third kappa shape index (κ3) is 6.86. The molecule has 0 heterocycles. The van der Waals surface area contributed by atoms with Crippen LogP contribution in [0.4, 0.5) is 0 Å². The first-order valence-corrected chi connectivity index (χ1v) is 14.4. The van der Waals surface area contributed by atoms with Gasteiger partial charge in [-0.15, -0.1) is 0 Å². The Labute approximate surface area is 255 Å². The zero-order valence-corrected chi connectivity index (χ0v) is 24.3. The molecule has 0 radical (unpaired) electrons. The summed E-state index contributed by atoms with van der Waals surface area (Å²) >= 11 is 0. The molecule has 0 saturated heterocycles. The molecule has 5 rings (SSSR count). The molecule has 3 unspecified atom stereocenters. The Balaban J connectivity index is 1.53. The van der Waals surface area contributed by atoms with Crippen LogP contribution < -0.4 is 0 Å². The molecule has 0 amide bonds. The van der Waals surface area contributed by atoms with Gasteiger partial charge in [0.25, 0.3) is 0 Å². The third-order valence-electron chi connectivity index (χ3n) is 7.73. The molecule has 0 aliphatic heterocycles. The molecule has 1 saturated carbocycles. The number of hydrogen-bond acceptors (Lipinski definition) is 8. The molecule has 4 aromatic rings. The average molecular weight is 593 g/mol. The Morgan fingerprint density at radius 1 is 0.364 bits per heavy atom. The standard InChI is InChI=1S/C36H32O8/c1-23-29(41-33(37)25-15-7-3-8-16-25)24(2)31(43-35(39)27-19-11-5-12-20-27)32(44-36(40)28-21-13-6-14-22-28)30(23)42-34(38)26-17-9-4-10-18-26/h3-24,29-32H,1-2H3/t23-,24?,29?,30+,31+,32?/m0/s1. The molecule has 0 aromatic heterocycles. The van der Waals surface area contributed by atoms with Crippen molar-refractivity contribution in [3.8, 4) is 0 Å². The van der Waals surface area contributed by atoms with E-state index in [1.165, 1.54) is 0 Å². The second kappa shape index (κ2) is 13.8. The van der Waals surface area contributed by atoms with Gasteiger partial charge in [0.15, 0.2) is 6.10 Å². The first kappa shape index (κ1) is 30.2. The monoisotopic (exact) mass is 592 g/mol. The smallest absolute Gasteiger partial charge is 0.338 e. The van der Waals surface area contributed by atoms with Crippen molar-refractivity contribution in [2.75, 3.05) is 0 Å². The normalized spacial score (nSPS) is 22.7. The van der Waals surface area contributed by atoms with Gasteiger partial charge in [0.05, 0.1) is 22.3 Å². The van der Waals surface area contributed by atoms with E-state index in [1.54, 1.807) is 135 Å². The summed E-state index contributed by atoms with van der Waals surface area (Å²) in [6, 6.07) is 33.6. The number of carbonyl (C=O) groups is 4. The minimum atomic E-state index is -1.22. The number of ether oxygens (including phenoxy) is 4. The van der Waals surface area contributed by atoms with Crippen molar-refractivity contribution in [1.82, 2.24) is 0 Å². The Kier molecular flexibility index (Phi) is 9.49.